The van der Waals surface area contributed by atoms with Crippen molar-refractivity contribution in [3.05, 3.63) is 47.9 Å². The Morgan fingerprint density at radius 3 is 2.60 bits per heavy atom. The van der Waals surface area contributed by atoms with Crippen LogP contribution in [-0.4, -0.2) is 75.4 Å². The van der Waals surface area contributed by atoms with Crippen LogP contribution >= 0.6 is 0 Å². The Bertz CT molecular complexity index is 1710. The summed E-state index contributed by atoms with van der Waals surface area (Å²) in [5, 5.41) is 16.7. The maximum Gasteiger partial charge on any atom is 0.319 e. The van der Waals surface area contributed by atoms with E-state index in [4.69, 9.17) is 19.7 Å². The third kappa shape index (κ3) is 4.51. The number of phenolic OH excluding ortho intramolecular Hbond substituents is 1. The molecule has 0 aliphatic carbocycles. The molecular weight excluding hydrogens is 543 g/mol. The highest BCUT2D eigenvalue weighted by atomic mass is 19.1. The van der Waals surface area contributed by atoms with Gasteiger partial charge in [0.1, 0.15) is 29.4 Å². The first-order chi connectivity index (χ1) is 20.9. The SMILES string of the molecule is CC(C)c1cccc2cc(O)cc(-c3ncc4c(N5CC6CCC(C5)N6)nc(OCC56CCCN5CCC6)nc4c3F)c12. The number of piperazine rings is 1. The number of hydrogen-bond donors (Lipinski definition) is 2. The number of ether oxygens (including phenoxy) is 1. The van der Waals surface area contributed by atoms with Gasteiger partial charge in [0.15, 0.2) is 5.82 Å². The fraction of sp³-hybridized carbons (Fsp3) is 0.500. The van der Waals surface area contributed by atoms with Gasteiger partial charge in [0.25, 0.3) is 0 Å². The molecule has 43 heavy (non-hydrogen) atoms. The van der Waals surface area contributed by atoms with Gasteiger partial charge in [-0.25, -0.2) is 4.39 Å². The minimum Gasteiger partial charge on any atom is -0.508 e. The van der Waals surface area contributed by atoms with Gasteiger partial charge < -0.3 is 20.1 Å². The highest BCUT2D eigenvalue weighted by Crippen LogP contribution is 2.42. The maximum absolute atomic E-state index is 16.9. The molecule has 2 unspecified atom stereocenters. The number of halogens is 1. The molecule has 0 spiro atoms. The molecule has 8 nitrogen and oxygen atoms in total. The lowest BCUT2D eigenvalue weighted by Crippen LogP contribution is -2.51. The van der Waals surface area contributed by atoms with Gasteiger partial charge in [0.2, 0.25) is 0 Å². The molecule has 2 aromatic carbocycles. The monoisotopic (exact) mass is 582 g/mol. The standard InChI is InChI=1S/C34H39FN6O2/c1-20(2)25-7-3-6-21-14-24(42)15-26(28(21)25)30-29(35)31-27(16-36-30)32(40-17-22-8-9-23(18-40)37-22)39-33(38-31)43-19-34-10-4-12-41(34)13-5-11-34/h3,6-7,14-16,20,22-23,37,42H,4-5,8-13,17-19H2,1-2H3. The fourth-order valence-corrected chi connectivity index (χ4v) is 8.25. The largest absolute Gasteiger partial charge is 0.508 e. The number of nitrogens with one attached hydrogen (secondary N) is 1. The van der Waals surface area contributed by atoms with E-state index < -0.39 is 5.82 Å². The predicted molar refractivity (Wildman–Crippen MR) is 166 cm³/mol. The molecule has 0 amide bonds. The molecule has 0 saturated carbocycles. The molecular formula is C34H39FN6O2. The van der Waals surface area contributed by atoms with E-state index in [0.29, 0.717) is 35.5 Å². The number of rotatable bonds is 6. The molecule has 2 bridgehead atoms. The molecule has 0 radical (unpaired) electrons. The molecule has 4 aliphatic rings. The zero-order chi connectivity index (χ0) is 29.3. The summed E-state index contributed by atoms with van der Waals surface area (Å²) in [6, 6.07) is 10.3. The van der Waals surface area contributed by atoms with E-state index in [1.165, 1.54) is 12.8 Å². The Morgan fingerprint density at radius 2 is 1.86 bits per heavy atom. The van der Waals surface area contributed by atoms with E-state index >= 15 is 4.39 Å². The number of anilines is 1. The number of pyridine rings is 1. The Labute approximate surface area is 251 Å². The van der Waals surface area contributed by atoms with Gasteiger partial charge >= 0.3 is 6.01 Å². The number of fused-ring (bicyclic) bond motifs is 5. The molecule has 8 rings (SSSR count). The summed E-state index contributed by atoms with van der Waals surface area (Å²) in [7, 11) is 0. The van der Waals surface area contributed by atoms with Crippen molar-refractivity contribution in [1.29, 1.82) is 0 Å². The molecule has 4 saturated heterocycles. The van der Waals surface area contributed by atoms with Crippen LogP contribution in [0.15, 0.2) is 36.5 Å². The Morgan fingerprint density at radius 1 is 1.09 bits per heavy atom. The molecule has 2 aromatic heterocycles. The number of hydrogen-bond acceptors (Lipinski definition) is 8. The van der Waals surface area contributed by atoms with Crippen molar-refractivity contribution < 1.29 is 14.2 Å². The number of nitrogens with zero attached hydrogens (tertiary/aromatic N) is 5. The fourth-order valence-electron chi connectivity index (χ4n) is 8.25. The number of aromatic nitrogens is 3. The highest BCUT2D eigenvalue weighted by Gasteiger charge is 2.45. The summed E-state index contributed by atoms with van der Waals surface area (Å²) >= 11 is 0. The first kappa shape index (κ1) is 27.0. The third-order valence-electron chi connectivity index (χ3n) is 10.3. The van der Waals surface area contributed by atoms with Crippen molar-refractivity contribution in [2.45, 2.75) is 75.9 Å². The van der Waals surface area contributed by atoms with Crippen LogP contribution in [0.1, 0.15) is 63.9 Å². The second kappa shape index (κ2) is 10.3. The lowest BCUT2D eigenvalue weighted by Gasteiger charge is -2.34. The average Bonchev–Trinajstić information content (AvgIpc) is 3.68. The molecule has 224 valence electrons. The zero-order valence-corrected chi connectivity index (χ0v) is 24.9. The minimum atomic E-state index is -0.518. The Balaban J connectivity index is 1.28. The number of benzene rings is 2. The van der Waals surface area contributed by atoms with Crippen molar-refractivity contribution >= 4 is 27.5 Å². The van der Waals surface area contributed by atoms with E-state index in [1.54, 1.807) is 18.3 Å². The lowest BCUT2D eigenvalue weighted by molar-refractivity contribution is 0.108. The lowest BCUT2D eigenvalue weighted by atomic mass is 9.91. The topological polar surface area (TPSA) is 86.6 Å². The molecule has 2 N–H and O–H groups in total. The van der Waals surface area contributed by atoms with Gasteiger partial charge in [0, 0.05) is 36.9 Å². The van der Waals surface area contributed by atoms with Crippen LogP contribution in [0.25, 0.3) is 32.9 Å². The Hall–Kier alpha value is -3.56. The van der Waals surface area contributed by atoms with Crippen LogP contribution in [0.5, 0.6) is 11.8 Å². The molecule has 4 fully saturated rings. The van der Waals surface area contributed by atoms with Crippen LogP contribution in [0.3, 0.4) is 0 Å². The van der Waals surface area contributed by atoms with E-state index in [2.05, 4.69) is 35.0 Å². The van der Waals surface area contributed by atoms with Crippen molar-refractivity contribution in [3.63, 3.8) is 0 Å². The number of aromatic hydroxyl groups is 1. The summed E-state index contributed by atoms with van der Waals surface area (Å²) < 4.78 is 23.3. The molecule has 4 aliphatic heterocycles. The van der Waals surface area contributed by atoms with Crippen LogP contribution < -0.4 is 15.0 Å². The molecule has 4 aromatic rings. The molecule has 2 atom stereocenters. The van der Waals surface area contributed by atoms with Gasteiger partial charge in [-0.15, -0.1) is 0 Å². The predicted octanol–water partition coefficient (Wildman–Crippen LogP) is 5.76. The van der Waals surface area contributed by atoms with Crippen molar-refractivity contribution in [1.82, 2.24) is 25.2 Å². The number of phenols is 1. The van der Waals surface area contributed by atoms with Gasteiger partial charge in [0.05, 0.1) is 10.9 Å². The summed E-state index contributed by atoms with van der Waals surface area (Å²) in [5.74, 6) is 0.450. The summed E-state index contributed by atoms with van der Waals surface area (Å²) in [4.78, 5) is 19.2. The molecule has 9 heteroatoms. The van der Waals surface area contributed by atoms with Crippen LogP contribution in [0.4, 0.5) is 10.2 Å². The second-order valence-electron chi connectivity index (χ2n) is 13.4. The smallest absolute Gasteiger partial charge is 0.319 e. The summed E-state index contributed by atoms with van der Waals surface area (Å²) in [6.45, 7) is 8.58. The van der Waals surface area contributed by atoms with E-state index in [9.17, 15) is 5.11 Å². The molecule has 6 heterocycles. The quantitative estimate of drug-likeness (QED) is 0.297. The van der Waals surface area contributed by atoms with Crippen molar-refractivity contribution in [3.8, 4) is 23.0 Å². The van der Waals surface area contributed by atoms with E-state index in [-0.39, 0.29) is 34.4 Å². The zero-order valence-electron chi connectivity index (χ0n) is 24.9. The second-order valence-corrected chi connectivity index (χ2v) is 13.4. The van der Waals surface area contributed by atoms with Crippen LogP contribution in [-0.2, 0) is 0 Å². The summed E-state index contributed by atoms with van der Waals surface area (Å²) in [5.41, 5.74) is 2.06. The van der Waals surface area contributed by atoms with Crippen LogP contribution in [0, 0.1) is 5.82 Å². The highest BCUT2D eigenvalue weighted by molar-refractivity contribution is 6.02. The first-order valence-corrected chi connectivity index (χ1v) is 15.9. The van der Waals surface area contributed by atoms with Gasteiger partial charge in [-0.1, -0.05) is 32.0 Å². The first-order valence-electron chi connectivity index (χ1n) is 15.9. The van der Waals surface area contributed by atoms with Crippen molar-refractivity contribution in [2.24, 2.45) is 0 Å². The van der Waals surface area contributed by atoms with Gasteiger partial charge in [-0.2, -0.15) is 9.97 Å². The normalized spacial score (nSPS) is 23.1. The van der Waals surface area contributed by atoms with E-state index in [0.717, 1.165) is 68.2 Å². The Kier molecular flexibility index (Phi) is 6.45. The summed E-state index contributed by atoms with van der Waals surface area (Å²) in [6.07, 6.45) is 8.54. The minimum absolute atomic E-state index is 0.0301. The maximum atomic E-state index is 16.9. The van der Waals surface area contributed by atoms with Crippen molar-refractivity contribution in [2.75, 3.05) is 37.7 Å². The van der Waals surface area contributed by atoms with Gasteiger partial charge in [-0.3, -0.25) is 9.88 Å². The van der Waals surface area contributed by atoms with E-state index in [1.807, 2.05) is 12.1 Å². The third-order valence-corrected chi connectivity index (χ3v) is 10.3. The average molecular weight is 583 g/mol. The van der Waals surface area contributed by atoms with Gasteiger partial charge in [-0.05, 0) is 86.0 Å². The van der Waals surface area contributed by atoms with Crippen LogP contribution in [0.2, 0.25) is 0 Å².